The molecule has 0 atom stereocenters. The number of amides is 1. The van der Waals surface area contributed by atoms with Gasteiger partial charge in [0.25, 0.3) is 0 Å². The largest absolute Gasteiger partial charge is 0.427 e. The summed E-state index contributed by atoms with van der Waals surface area (Å²) in [5.74, 6) is -0.324. The summed E-state index contributed by atoms with van der Waals surface area (Å²) in [5.41, 5.74) is 16.2. The molecule has 178 valence electrons. The van der Waals surface area contributed by atoms with Gasteiger partial charge >= 0.3 is 0 Å². The number of carbonyl (C=O) groups is 1. The van der Waals surface area contributed by atoms with Crippen LogP contribution in [0.1, 0.15) is 36.2 Å². The van der Waals surface area contributed by atoms with Crippen LogP contribution in [0.4, 0.5) is 5.69 Å². The van der Waals surface area contributed by atoms with Crippen LogP contribution in [0.5, 0.6) is 0 Å². The van der Waals surface area contributed by atoms with Crippen molar-refractivity contribution in [3.8, 4) is 11.1 Å². The molecule has 0 spiro atoms. The molecule has 0 aliphatic rings. The number of halogens is 1. The first-order valence-corrected chi connectivity index (χ1v) is 11.2. The van der Waals surface area contributed by atoms with Gasteiger partial charge in [-0.2, -0.15) is 4.73 Å². The number of nitrogens with two attached hydrogens (primary N) is 2. The number of aromatic nitrogens is 1. The van der Waals surface area contributed by atoms with Crippen molar-refractivity contribution in [3.63, 3.8) is 0 Å². The van der Waals surface area contributed by atoms with Gasteiger partial charge in [-0.15, -0.1) is 0 Å². The maximum Gasteiger partial charge on any atom is 0.226 e. The molecular formula is C25H29ClN6O2. The smallest absolute Gasteiger partial charge is 0.226 e. The van der Waals surface area contributed by atoms with Gasteiger partial charge in [0.2, 0.25) is 5.91 Å². The zero-order chi connectivity index (χ0) is 25.0. The Labute approximate surface area is 203 Å². The third-order valence-corrected chi connectivity index (χ3v) is 5.67. The van der Waals surface area contributed by atoms with E-state index in [1.54, 1.807) is 42.5 Å². The van der Waals surface area contributed by atoms with Crippen molar-refractivity contribution in [1.29, 1.82) is 5.41 Å². The molecule has 9 heteroatoms. The zero-order valence-corrected chi connectivity index (χ0v) is 20.1. The van der Waals surface area contributed by atoms with Gasteiger partial charge in [0.05, 0.1) is 17.1 Å². The van der Waals surface area contributed by atoms with E-state index in [9.17, 15) is 10.0 Å². The summed E-state index contributed by atoms with van der Waals surface area (Å²) in [5, 5.41) is 21.7. The monoisotopic (exact) mass is 480 g/mol. The fourth-order valence-corrected chi connectivity index (χ4v) is 3.88. The van der Waals surface area contributed by atoms with Crippen molar-refractivity contribution in [2.24, 2.45) is 10.7 Å². The van der Waals surface area contributed by atoms with Crippen LogP contribution in [0.25, 0.3) is 11.1 Å². The second-order valence-electron chi connectivity index (χ2n) is 8.29. The molecular weight excluding hydrogens is 452 g/mol. The summed E-state index contributed by atoms with van der Waals surface area (Å²) in [6, 6.07) is 14.0. The summed E-state index contributed by atoms with van der Waals surface area (Å²) in [6.07, 6.45) is -0.132. The van der Waals surface area contributed by atoms with Gasteiger partial charge in [-0.25, -0.2) is 0 Å². The summed E-state index contributed by atoms with van der Waals surface area (Å²) in [4.78, 5) is 17.3. The van der Waals surface area contributed by atoms with E-state index in [0.29, 0.717) is 27.5 Å². The summed E-state index contributed by atoms with van der Waals surface area (Å²) in [6.45, 7) is 5.91. The summed E-state index contributed by atoms with van der Waals surface area (Å²) >= 11 is 6.66. The predicted molar refractivity (Wildman–Crippen MR) is 135 cm³/mol. The molecule has 1 heterocycles. The van der Waals surface area contributed by atoms with Gasteiger partial charge in [0.15, 0.2) is 5.49 Å². The molecule has 0 saturated heterocycles. The molecule has 8 nitrogen and oxygen atoms in total. The SMILES string of the molecule is Cc1c(N)cccc1-c1c(Cl)cc(=NC(C)C)n(O)c1CC(=O)NCc1ccc(C(=N)N)cc1. The lowest BCUT2D eigenvalue weighted by Gasteiger charge is -2.18. The maximum atomic E-state index is 12.9. The number of nitrogens with zero attached hydrogens (tertiary/aromatic N) is 2. The number of hydrogen-bond acceptors (Lipinski definition) is 5. The fraction of sp³-hybridized carbons (Fsp3) is 0.240. The van der Waals surface area contributed by atoms with Crippen LogP contribution < -0.4 is 22.3 Å². The third kappa shape index (κ3) is 5.58. The molecule has 0 unspecified atom stereocenters. The Hall–Kier alpha value is -3.78. The summed E-state index contributed by atoms with van der Waals surface area (Å²) in [7, 11) is 0. The number of anilines is 1. The van der Waals surface area contributed by atoms with Crippen LogP contribution in [-0.4, -0.2) is 27.7 Å². The molecule has 0 saturated carbocycles. The molecule has 0 aliphatic heterocycles. The molecule has 3 aromatic rings. The van der Waals surface area contributed by atoms with Crippen molar-refractivity contribution < 1.29 is 10.0 Å². The molecule has 1 aromatic heterocycles. The minimum atomic E-state index is -0.306. The Kier molecular flexibility index (Phi) is 7.63. The average molecular weight is 481 g/mol. The highest BCUT2D eigenvalue weighted by atomic mass is 35.5. The molecule has 34 heavy (non-hydrogen) atoms. The van der Waals surface area contributed by atoms with Crippen LogP contribution in [0.2, 0.25) is 5.02 Å². The number of rotatable bonds is 7. The number of hydrogen-bond donors (Lipinski definition) is 5. The van der Waals surface area contributed by atoms with Gasteiger partial charge in [-0.1, -0.05) is 48.0 Å². The van der Waals surface area contributed by atoms with Crippen LogP contribution >= 0.6 is 11.6 Å². The number of carbonyl (C=O) groups excluding carboxylic acids is 1. The highest BCUT2D eigenvalue weighted by molar-refractivity contribution is 6.33. The van der Waals surface area contributed by atoms with E-state index in [4.69, 9.17) is 28.5 Å². The van der Waals surface area contributed by atoms with Gasteiger partial charge in [-0.3, -0.25) is 15.2 Å². The first-order chi connectivity index (χ1) is 16.1. The van der Waals surface area contributed by atoms with Crippen molar-refractivity contribution >= 4 is 29.0 Å². The lowest BCUT2D eigenvalue weighted by molar-refractivity contribution is -0.120. The zero-order valence-electron chi connectivity index (χ0n) is 19.4. The van der Waals surface area contributed by atoms with Crippen LogP contribution in [-0.2, 0) is 17.8 Å². The second-order valence-corrected chi connectivity index (χ2v) is 8.70. The van der Waals surface area contributed by atoms with Crippen LogP contribution in [0.3, 0.4) is 0 Å². The minimum Gasteiger partial charge on any atom is -0.427 e. The van der Waals surface area contributed by atoms with Crippen molar-refractivity contribution in [1.82, 2.24) is 10.0 Å². The van der Waals surface area contributed by atoms with E-state index in [-0.39, 0.29) is 36.2 Å². The van der Waals surface area contributed by atoms with Crippen LogP contribution in [0, 0.1) is 12.3 Å². The quantitative estimate of drug-likeness (QED) is 0.153. The molecule has 0 bridgehead atoms. The van der Waals surface area contributed by atoms with Gasteiger partial charge in [0, 0.05) is 35.5 Å². The van der Waals surface area contributed by atoms with E-state index in [1.807, 2.05) is 26.8 Å². The molecule has 0 radical (unpaired) electrons. The van der Waals surface area contributed by atoms with Crippen molar-refractivity contribution in [3.05, 3.63) is 81.4 Å². The lowest BCUT2D eigenvalue weighted by Crippen LogP contribution is -2.30. The van der Waals surface area contributed by atoms with Gasteiger partial charge in [0.1, 0.15) is 5.84 Å². The molecule has 1 amide bonds. The standard InChI is InChI=1S/C25H29ClN6O2/c1-14(2)31-22-11-19(26)24(18-5-4-6-20(27)15(18)3)21(32(22)34)12-23(33)30-13-16-7-9-17(10-8-16)25(28)29/h4-11,14,34H,12-13,27H2,1-3H3,(H3,28,29)(H,30,33). The Bertz CT molecular complexity index is 1300. The Morgan fingerprint density at radius 3 is 2.53 bits per heavy atom. The van der Waals surface area contributed by atoms with E-state index in [1.165, 1.54) is 0 Å². The second kappa shape index (κ2) is 10.4. The Balaban J connectivity index is 1.98. The van der Waals surface area contributed by atoms with Crippen molar-refractivity contribution in [2.75, 3.05) is 5.73 Å². The van der Waals surface area contributed by atoms with E-state index in [2.05, 4.69) is 10.3 Å². The van der Waals surface area contributed by atoms with Crippen LogP contribution in [0.15, 0.2) is 53.5 Å². The van der Waals surface area contributed by atoms with E-state index in [0.717, 1.165) is 21.4 Å². The van der Waals surface area contributed by atoms with E-state index < -0.39 is 0 Å². The van der Waals surface area contributed by atoms with E-state index >= 15 is 0 Å². The fourth-order valence-electron chi connectivity index (χ4n) is 3.57. The summed E-state index contributed by atoms with van der Waals surface area (Å²) < 4.78 is 0.922. The molecule has 0 aliphatic carbocycles. The number of nitrogens with one attached hydrogen (secondary N) is 2. The third-order valence-electron chi connectivity index (χ3n) is 5.37. The number of nitrogen functional groups attached to an aromatic ring is 2. The topological polar surface area (TPSA) is 143 Å². The maximum absolute atomic E-state index is 12.9. The molecule has 3 rings (SSSR count). The number of benzene rings is 2. The molecule has 0 fully saturated rings. The number of pyridine rings is 1. The normalized spacial score (nSPS) is 11.6. The predicted octanol–water partition coefficient (Wildman–Crippen LogP) is 3.39. The number of amidine groups is 1. The van der Waals surface area contributed by atoms with Crippen molar-refractivity contribution in [2.45, 2.75) is 39.8 Å². The Morgan fingerprint density at radius 1 is 1.24 bits per heavy atom. The first-order valence-electron chi connectivity index (χ1n) is 10.8. The first kappa shape index (κ1) is 24.9. The Morgan fingerprint density at radius 2 is 1.91 bits per heavy atom. The minimum absolute atomic E-state index is 0.0176. The van der Waals surface area contributed by atoms with Gasteiger partial charge in [-0.05, 0) is 43.5 Å². The highest BCUT2D eigenvalue weighted by Crippen LogP contribution is 2.34. The average Bonchev–Trinajstić information content (AvgIpc) is 2.78. The lowest BCUT2D eigenvalue weighted by atomic mass is 9.96. The highest BCUT2D eigenvalue weighted by Gasteiger charge is 2.20. The molecule has 7 N–H and O–H groups in total. The molecule has 2 aromatic carbocycles. The van der Waals surface area contributed by atoms with Gasteiger partial charge < -0.3 is 22.0 Å².